The molecule has 0 aromatic rings. The summed E-state index contributed by atoms with van der Waals surface area (Å²) in [5.74, 6) is -0.719. The van der Waals surface area contributed by atoms with Crippen LogP contribution in [-0.4, -0.2) is 52.9 Å². The van der Waals surface area contributed by atoms with Gasteiger partial charge in [-0.25, -0.2) is 4.79 Å². The Balaban J connectivity index is 4.81. The minimum absolute atomic E-state index is 0.0123. The third kappa shape index (κ3) is 9.01. The van der Waals surface area contributed by atoms with Crippen LogP contribution >= 0.6 is 0 Å². The van der Waals surface area contributed by atoms with Gasteiger partial charge in [0.05, 0.1) is 13.7 Å². The Kier molecular flexibility index (Phi) is 10.2. The first kappa shape index (κ1) is 25.1. The highest BCUT2D eigenvalue weighted by Gasteiger charge is 2.38. The maximum Gasteiger partial charge on any atom is 0.333 e. The van der Waals surface area contributed by atoms with E-state index in [4.69, 9.17) is 4.43 Å². The molecule has 0 rings (SSSR count). The van der Waals surface area contributed by atoms with Gasteiger partial charge in [0.15, 0.2) is 8.32 Å². The maximum absolute atomic E-state index is 12.4. The van der Waals surface area contributed by atoms with Crippen LogP contribution in [-0.2, 0) is 23.5 Å². The highest BCUT2D eigenvalue weighted by molar-refractivity contribution is 6.74. The van der Waals surface area contributed by atoms with Crippen LogP contribution in [0.1, 0.15) is 34.6 Å². The van der Waals surface area contributed by atoms with Gasteiger partial charge in [-0.2, -0.15) is 0 Å². The number of methoxy groups -OCH3 is 1. The minimum Gasteiger partial charge on any atom is -0.466 e. The van der Waals surface area contributed by atoms with Crippen molar-refractivity contribution in [1.82, 2.24) is 10.6 Å². The zero-order valence-electron chi connectivity index (χ0n) is 17.8. The van der Waals surface area contributed by atoms with Crippen molar-refractivity contribution in [2.75, 3.05) is 20.3 Å². The quantitative estimate of drug-likeness (QED) is 0.194. The van der Waals surface area contributed by atoms with E-state index >= 15 is 0 Å². The SMILES string of the molecule is COC(=O)/C(C)=C/C=C(\C)CNC(=O)[C@H](CO[Si](C)(C)C(C)(C)C)NC=O. The average Bonchev–Trinajstić information content (AvgIpc) is 2.59. The molecule has 0 spiro atoms. The molecule has 1 atom stereocenters. The van der Waals surface area contributed by atoms with Crippen LogP contribution in [0.4, 0.5) is 0 Å². The Bertz CT molecular complexity index is 591. The molecule has 0 aromatic heterocycles. The smallest absolute Gasteiger partial charge is 0.333 e. The van der Waals surface area contributed by atoms with Crippen molar-refractivity contribution >= 4 is 26.6 Å². The van der Waals surface area contributed by atoms with E-state index in [2.05, 4.69) is 49.2 Å². The highest BCUT2D eigenvalue weighted by Crippen LogP contribution is 2.36. The molecule has 8 heteroatoms. The number of hydrogen-bond acceptors (Lipinski definition) is 5. The van der Waals surface area contributed by atoms with Crippen LogP contribution < -0.4 is 10.6 Å². The monoisotopic (exact) mass is 398 g/mol. The molecule has 0 radical (unpaired) electrons. The largest absolute Gasteiger partial charge is 0.466 e. The van der Waals surface area contributed by atoms with E-state index in [1.807, 2.05) is 6.92 Å². The Morgan fingerprint density at radius 1 is 1.15 bits per heavy atom. The van der Waals surface area contributed by atoms with E-state index in [0.717, 1.165) is 5.57 Å². The summed E-state index contributed by atoms with van der Waals surface area (Å²) in [5.41, 5.74) is 1.31. The maximum atomic E-state index is 12.4. The predicted octanol–water partition coefficient (Wildman–Crippen LogP) is 2.30. The molecule has 27 heavy (non-hydrogen) atoms. The van der Waals surface area contributed by atoms with Crippen molar-refractivity contribution in [2.24, 2.45) is 0 Å². The van der Waals surface area contributed by atoms with Crippen molar-refractivity contribution in [1.29, 1.82) is 0 Å². The van der Waals surface area contributed by atoms with Crippen molar-refractivity contribution in [3.05, 3.63) is 23.3 Å². The molecule has 154 valence electrons. The normalized spacial score (nSPS) is 14.4. The molecule has 0 aliphatic carbocycles. The summed E-state index contributed by atoms with van der Waals surface area (Å²) < 4.78 is 10.7. The second kappa shape index (κ2) is 11.0. The highest BCUT2D eigenvalue weighted by atomic mass is 28.4. The molecule has 0 aromatic carbocycles. The van der Waals surface area contributed by atoms with Gasteiger partial charge in [0.2, 0.25) is 12.3 Å². The molecule has 0 saturated carbocycles. The van der Waals surface area contributed by atoms with Gasteiger partial charge in [-0.05, 0) is 32.0 Å². The molecule has 0 aliphatic rings. The average molecular weight is 399 g/mol. The minimum atomic E-state index is -2.03. The van der Waals surface area contributed by atoms with Gasteiger partial charge >= 0.3 is 5.97 Å². The number of carbonyl (C=O) groups is 3. The fourth-order valence-corrected chi connectivity index (χ4v) is 2.71. The molecule has 0 heterocycles. The van der Waals surface area contributed by atoms with Crippen LogP contribution in [0, 0.1) is 0 Å². The summed E-state index contributed by atoms with van der Waals surface area (Å²) in [6, 6.07) is -0.753. The summed E-state index contributed by atoms with van der Waals surface area (Å²) in [7, 11) is -0.704. The number of rotatable bonds is 10. The van der Waals surface area contributed by atoms with Crippen LogP contribution in [0.3, 0.4) is 0 Å². The van der Waals surface area contributed by atoms with Gasteiger partial charge in [-0.3, -0.25) is 9.59 Å². The lowest BCUT2D eigenvalue weighted by Crippen LogP contribution is -2.50. The molecule has 0 unspecified atom stereocenters. The molecule has 7 nitrogen and oxygen atoms in total. The lowest BCUT2D eigenvalue weighted by Gasteiger charge is -2.37. The van der Waals surface area contributed by atoms with E-state index < -0.39 is 20.3 Å². The second-order valence-corrected chi connectivity index (χ2v) is 12.8. The lowest BCUT2D eigenvalue weighted by atomic mass is 10.2. The van der Waals surface area contributed by atoms with E-state index in [1.54, 1.807) is 19.1 Å². The van der Waals surface area contributed by atoms with Gasteiger partial charge in [0, 0.05) is 12.1 Å². The number of ether oxygens (including phenoxy) is 1. The van der Waals surface area contributed by atoms with Crippen LogP contribution in [0.5, 0.6) is 0 Å². The second-order valence-electron chi connectivity index (χ2n) is 7.98. The lowest BCUT2D eigenvalue weighted by molar-refractivity contribution is -0.136. The first-order valence-corrected chi connectivity index (χ1v) is 11.8. The number of amides is 2. The Labute approximate surface area is 163 Å². The summed E-state index contributed by atoms with van der Waals surface area (Å²) >= 11 is 0. The first-order chi connectivity index (χ1) is 12.4. The molecule has 2 amide bonds. The number of carbonyl (C=O) groups excluding carboxylic acids is 3. The predicted molar refractivity (Wildman–Crippen MR) is 109 cm³/mol. The van der Waals surface area contributed by atoms with Crippen LogP contribution in [0.2, 0.25) is 18.1 Å². The van der Waals surface area contributed by atoms with E-state index in [1.165, 1.54) is 7.11 Å². The zero-order chi connectivity index (χ0) is 21.3. The molecule has 2 N–H and O–H groups in total. The van der Waals surface area contributed by atoms with E-state index in [0.29, 0.717) is 18.5 Å². The van der Waals surface area contributed by atoms with Crippen LogP contribution in [0.15, 0.2) is 23.3 Å². The number of allylic oxidation sites excluding steroid dienone is 2. The summed E-state index contributed by atoms with van der Waals surface area (Å²) in [4.78, 5) is 34.6. The van der Waals surface area contributed by atoms with Crippen molar-refractivity contribution in [3.63, 3.8) is 0 Å². The number of nitrogens with one attached hydrogen (secondary N) is 2. The van der Waals surface area contributed by atoms with E-state index in [9.17, 15) is 14.4 Å². The zero-order valence-corrected chi connectivity index (χ0v) is 18.8. The van der Waals surface area contributed by atoms with E-state index in [-0.39, 0.29) is 17.6 Å². The topological polar surface area (TPSA) is 93.7 Å². The Morgan fingerprint density at radius 3 is 2.22 bits per heavy atom. The summed E-state index contributed by atoms with van der Waals surface area (Å²) in [5, 5.41) is 5.30. The molecular weight excluding hydrogens is 364 g/mol. The molecule has 0 bridgehead atoms. The van der Waals surface area contributed by atoms with Crippen LogP contribution in [0.25, 0.3) is 0 Å². The molecule has 0 fully saturated rings. The van der Waals surface area contributed by atoms with Crippen molar-refractivity contribution in [3.8, 4) is 0 Å². The first-order valence-electron chi connectivity index (χ1n) is 8.89. The van der Waals surface area contributed by atoms with Gasteiger partial charge in [-0.15, -0.1) is 0 Å². The van der Waals surface area contributed by atoms with Gasteiger partial charge in [-0.1, -0.05) is 38.5 Å². The third-order valence-electron chi connectivity index (χ3n) is 4.67. The van der Waals surface area contributed by atoms with Crippen molar-refractivity contribution < 1.29 is 23.5 Å². The summed E-state index contributed by atoms with van der Waals surface area (Å²) in [6.45, 7) is 14.4. The molecule has 0 saturated heterocycles. The standard InChI is InChI=1S/C19H34N2O5Si/c1-14(9-10-15(2)18(24)25-6)11-20-17(23)16(21-13-22)12-26-27(7,8)19(3,4)5/h9-10,13,16H,11-12H2,1-8H3,(H,20,23)(H,21,22)/b14-9+,15-10+/t16-/m0/s1. The fourth-order valence-electron chi connectivity index (χ4n) is 1.69. The van der Waals surface area contributed by atoms with Crippen molar-refractivity contribution in [2.45, 2.75) is 58.8 Å². The third-order valence-corrected chi connectivity index (χ3v) is 9.17. The van der Waals surface area contributed by atoms with Gasteiger partial charge in [0.25, 0.3) is 0 Å². The molecule has 0 aliphatic heterocycles. The Hall–Kier alpha value is -1.93. The van der Waals surface area contributed by atoms with Gasteiger partial charge in [0.1, 0.15) is 6.04 Å². The molecular formula is C19H34N2O5Si. The number of hydrogen-bond donors (Lipinski definition) is 2. The Morgan fingerprint density at radius 2 is 1.74 bits per heavy atom. The fraction of sp³-hybridized carbons (Fsp3) is 0.632. The summed E-state index contributed by atoms with van der Waals surface area (Å²) in [6.07, 6.45) is 3.88. The number of esters is 1. The van der Waals surface area contributed by atoms with Gasteiger partial charge < -0.3 is 19.8 Å².